The van der Waals surface area contributed by atoms with Crippen molar-refractivity contribution in [3.63, 3.8) is 0 Å². The number of carboxylic acid groups (broad SMARTS) is 1. The lowest BCUT2D eigenvalue weighted by atomic mass is 10.1. The van der Waals surface area contributed by atoms with Gasteiger partial charge in [0.15, 0.2) is 0 Å². The van der Waals surface area contributed by atoms with Crippen LogP contribution in [-0.2, 0) is 4.79 Å². The zero-order valence-corrected chi connectivity index (χ0v) is 6.59. The highest BCUT2D eigenvalue weighted by Crippen LogP contribution is 2.09. The van der Waals surface area contributed by atoms with E-state index in [0.717, 1.165) is 5.70 Å². The van der Waals surface area contributed by atoms with Gasteiger partial charge in [-0.25, -0.2) is 4.79 Å². The summed E-state index contributed by atoms with van der Waals surface area (Å²) in [7, 11) is 0. The average Bonchev–Trinajstić information content (AvgIpc) is 1.85. The molecule has 0 spiro atoms. The predicted octanol–water partition coefficient (Wildman–Crippen LogP) is 0.893. The highest BCUT2D eigenvalue weighted by molar-refractivity contribution is 5.90. The van der Waals surface area contributed by atoms with Gasteiger partial charge in [0.05, 0.1) is 5.57 Å². The molecule has 0 aliphatic carbocycles. The van der Waals surface area contributed by atoms with Gasteiger partial charge in [-0.15, -0.1) is 0 Å². The molecule has 1 aliphatic rings. The van der Waals surface area contributed by atoms with E-state index in [9.17, 15) is 4.79 Å². The van der Waals surface area contributed by atoms with Crippen LogP contribution in [0.4, 0.5) is 0 Å². The quantitative estimate of drug-likeness (QED) is 0.588. The van der Waals surface area contributed by atoms with Crippen LogP contribution in [0.3, 0.4) is 0 Å². The molecular formula is C8H11NO2. The van der Waals surface area contributed by atoms with Crippen molar-refractivity contribution in [3.8, 4) is 0 Å². The Hall–Kier alpha value is -1.25. The van der Waals surface area contributed by atoms with Crippen LogP contribution in [0.15, 0.2) is 23.4 Å². The van der Waals surface area contributed by atoms with E-state index in [1.807, 2.05) is 13.8 Å². The van der Waals surface area contributed by atoms with Crippen LogP contribution >= 0.6 is 0 Å². The number of rotatable bonds is 1. The topological polar surface area (TPSA) is 49.3 Å². The number of nitrogens with one attached hydrogen (secondary N) is 1. The van der Waals surface area contributed by atoms with E-state index >= 15 is 0 Å². The molecule has 2 N–H and O–H groups in total. The van der Waals surface area contributed by atoms with Crippen molar-refractivity contribution in [2.75, 3.05) is 0 Å². The number of dihydropyridines is 1. The molecular weight excluding hydrogens is 142 g/mol. The van der Waals surface area contributed by atoms with Crippen molar-refractivity contribution in [1.82, 2.24) is 5.32 Å². The molecule has 0 fully saturated rings. The van der Waals surface area contributed by atoms with Crippen molar-refractivity contribution < 1.29 is 9.90 Å². The lowest BCUT2D eigenvalue weighted by molar-refractivity contribution is -0.132. The molecule has 1 atom stereocenters. The second-order valence-electron chi connectivity index (χ2n) is 2.69. The van der Waals surface area contributed by atoms with Gasteiger partial charge in [0.25, 0.3) is 0 Å². The third-order valence-corrected chi connectivity index (χ3v) is 1.50. The Kier molecular flexibility index (Phi) is 1.98. The van der Waals surface area contributed by atoms with Gasteiger partial charge in [0.2, 0.25) is 0 Å². The van der Waals surface area contributed by atoms with Gasteiger partial charge >= 0.3 is 5.97 Å². The van der Waals surface area contributed by atoms with Gasteiger partial charge in [0.1, 0.15) is 0 Å². The van der Waals surface area contributed by atoms with Crippen LogP contribution in [0.1, 0.15) is 13.8 Å². The van der Waals surface area contributed by atoms with Crippen LogP contribution in [0.2, 0.25) is 0 Å². The van der Waals surface area contributed by atoms with Crippen molar-refractivity contribution in [3.05, 3.63) is 23.4 Å². The van der Waals surface area contributed by atoms with Gasteiger partial charge in [-0.1, -0.05) is 0 Å². The van der Waals surface area contributed by atoms with E-state index in [2.05, 4.69) is 5.32 Å². The summed E-state index contributed by atoms with van der Waals surface area (Å²) in [5, 5.41) is 11.7. The Labute approximate surface area is 65.4 Å². The highest BCUT2D eigenvalue weighted by Gasteiger charge is 2.11. The summed E-state index contributed by atoms with van der Waals surface area (Å²) in [6, 6.07) is 0.117. The molecule has 0 aromatic carbocycles. The normalized spacial score (nSPS) is 23.3. The van der Waals surface area contributed by atoms with Crippen molar-refractivity contribution in [2.24, 2.45) is 0 Å². The molecule has 0 aromatic heterocycles. The number of hydrogen-bond acceptors (Lipinski definition) is 2. The fourth-order valence-electron chi connectivity index (χ4n) is 1.13. The van der Waals surface area contributed by atoms with E-state index in [4.69, 9.17) is 5.11 Å². The zero-order valence-electron chi connectivity index (χ0n) is 6.59. The van der Waals surface area contributed by atoms with Crippen LogP contribution < -0.4 is 5.32 Å². The minimum Gasteiger partial charge on any atom is -0.478 e. The first-order valence-electron chi connectivity index (χ1n) is 3.49. The molecule has 60 valence electrons. The van der Waals surface area contributed by atoms with E-state index in [1.165, 1.54) is 0 Å². The summed E-state index contributed by atoms with van der Waals surface area (Å²) in [5.41, 5.74) is 1.27. The van der Waals surface area contributed by atoms with Crippen molar-refractivity contribution >= 4 is 5.97 Å². The smallest absolute Gasteiger partial charge is 0.335 e. The minimum absolute atomic E-state index is 0.117. The number of carboxylic acids is 1. The molecule has 1 unspecified atom stereocenters. The standard InChI is InChI=1S/C8H11NO2/c1-5-3-7(8(10)11)4-6(2)9-5/h3-5,9H,1-2H3,(H,10,11). The summed E-state index contributed by atoms with van der Waals surface area (Å²) >= 11 is 0. The van der Waals surface area contributed by atoms with Crippen molar-refractivity contribution in [1.29, 1.82) is 0 Å². The third-order valence-electron chi connectivity index (χ3n) is 1.50. The minimum atomic E-state index is -0.863. The molecule has 0 radical (unpaired) electrons. The molecule has 3 heteroatoms. The molecule has 0 bridgehead atoms. The fraction of sp³-hybridized carbons (Fsp3) is 0.375. The number of carbonyl (C=O) groups is 1. The maximum Gasteiger partial charge on any atom is 0.335 e. The average molecular weight is 153 g/mol. The monoisotopic (exact) mass is 153 g/mol. The van der Waals surface area contributed by atoms with E-state index in [1.54, 1.807) is 12.2 Å². The Morgan fingerprint density at radius 1 is 1.73 bits per heavy atom. The molecule has 11 heavy (non-hydrogen) atoms. The fourth-order valence-corrected chi connectivity index (χ4v) is 1.13. The molecule has 3 nitrogen and oxygen atoms in total. The summed E-state index contributed by atoms with van der Waals surface area (Å²) < 4.78 is 0. The Balaban J connectivity index is 2.87. The Morgan fingerprint density at radius 3 is 2.82 bits per heavy atom. The second-order valence-corrected chi connectivity index (χ2v) is 2.69. The summed E-state index contributed by atoms with van der Waals surface area (Å²) in [4.78, 5) is 10.5. The van der Waals surface area contributed by atoms with Gasteiger partial charge < -0.3 is 10.4 Å². The Bertz CT molecular complexity index is 240. The lowest BCUT2D eigenvalue weighted by Crippen LogP contribution is -2.26. The number of allylic oxidation sites excluding steroid dienone is 1. The van der Waals surface area contributed by atoms with E-state index < -0.39 is 5.97 Å². The van der Waals surface area contributed by atoms with Gasteiger partial charge in [0, 0.05) is 11.7 Å². The third kappa shape index (κ3) is 1.83. The maximum atomic E-state index is 10.5. The molecule has 0 saturated heterocycles. The summed E-state index contributed by atoms with van der Waals surface area (Å²) in [6.45, 7) is 3.77. The number of hydrogen-bond donors (Lipinski definition) is 2. The largest absolute Gasteiger partial charge is 0.478 e. The van der Waals surface area contributed by atoms with Crippen LogP contribution in [-0.4, -0.2) is 17.1 Å². The molecule has 1 heterocycles. The van der Waals surface area contributed by atoms with Crippen molar-refractivity contribution in [2.45, 2.75) is 19.9 Å². The SMILES string of the molecule is CC1=CC(C(=O)O)=CC(C)N1. The predicted molar refractivity (Wildman–Crippen MR) is 42.1 cm³/mol. The first kappa shape index (κ1) is 7.85. The van der Waals surface area contributed by atoms with E-state index in [0.29, 0.717) is 5.57 Å². The first-order chi connectivity index (χ1) is 5.09. The molecule has 0 aromatic rings. The molecule has 1 rings (SSSR count). The summed E-state index contributed by atoms with van der Waals surface area (Å²) in [6.07, 6.45) is 3.32. The van der Waals surface area contributed by atoms with Crippen LogP contribution in [0.5, 0.6) is 0 Å². The highest BCUT2D eigenvalue weighted by atomic mass is 16.4. The first-order valence-corrected chi connectivity index (χ1v) is 3.49. The van der Waals surface area contributed by atoms with Crippen LogP contribution in [0.25, 0.3) is 0 Å². The maximum absolute atomic E-state index is 10.5. The molecule has 0 saturated carbocycles. The zero-order chi connectivity index (χ0) is 8.43. The lowest BCUT2D eigenvalue weighted by Gasteiger charge is -2.17. The number of aliphatic carboxylic acids is 1. The van der Waals surface area contributed by atoms with Gasteiger partial charge in [-0.3, -0.25) is 0 Å². The van der Waals surface area contributed by atoms with Crippen LogP contribution in [0, 0.1) is 0 Å². The van der Waals surface area contributed by atoms with Gasteiger partial charge in [-0.2, -0.15) is 0 Å². The molecule has 1 aliphatic heterocycles. The Morgan fingerprint density at radius 2 is 2.36 bits per heavy atom. The van der Waals surface area contributed by atoms with E-state index in [-0.39, 0.29) is 6.04 Å². The second kappa shape index (κ2) is 2.78. The molecule has 0 amide bonds. The van der Waals surface area contributed by atoms with Gasteiger partial charge in [-0.05, 0) is 26.0 Å². The summed E-state index contributed by atoms with van der Waals surface area (Å²) in [5.74, 6) is -0.863.